The molecule has 0 aliphatic rings. The van der Waals surface area contributed by atoms with Crippen LogP contribution in [0.3, 0.4) is 0 Å². The van der Waals surface area contributed by atoms with Crippen LogP contribution in [0, 0.1) is 0 Å². The van der Waals surface area contributed by atoms with E-state index in [1.807, 2.05) is 0 Å². The average Bonchev–Trinajstić information content (AvgIpc) is 3.21. The molecule has 0 aliphatic carbocycles. The number of aryl methyl sites for hydroxylation is 1. The summed E-state index contributed by atoms with van der Waals surface area (Å²) < 4.78 is 5.35. The van der Waals surface area contributed by atoms with Crippen molar-refractivity contribution in [2.75, 3.05) is 6.54 Å². The van der Waals surface area contributed by atoms with Crippen molar-refractivity contribution in [1.29, 1.82) is 0 Å². The first-order chi connectivity index (χ1) is 13.7. The van der Waals surface area contributed by atoms with Gasteiger partial charge in [0.1, 0.15) is 0 Å². The molecule has 5 heteroatoms. The minimum absolute atomic E-state index is 0.214. The number of benzene rings is 1. The quantitative estimate of drug-likeness (QED) is 0.392. The molecule has 0 spiro atoms. The summed E-state index contributed by atoms with van der Waals surface area (Å²) in [5, 5.41) is 4.09. The van der Waals surface area contributed by atoms with Gasteiger partial charge in [-0.25, -0.2) is 0 Å². The lowest BCUT2D eigenvalue weighted by atomic mass is 10.0. The van der Waals surface area contributed by atoms with E-state index in [4.69, 9.17) is 16.0 Å². The van der Waals surface area contributed by atoms with Crippen LogP contribution in [0.25, 0.3) is 11.4 Å². The Hall–Kier alpha value is -1.72. The highest BCUT2D eigenvalue weighted by atomic mass is 16.5. The van der Waals surface area contributed by atoms with Crippen molar-refractivity contribution in [1.82, 2.24) is 10.1 Å². The molecule has 0 saturated carbocycles. The van der Waals surface area contributed by atoms with Crippen LogP contribution < -0.4 is 11.5 Å². The predicted molar refractivity (Wildman–Crippen MR) is 116 cm³/mol. The van der Waals surface area contributed by atoms with Crippen molar-refractivity contribution in [3.8, 4) is 11.4 Å². The van der Waals surface area contributed by atoms with Gasteiger partial charge < -0.3 is 16.0 Å². The molecule has 156 valence electrons. The second-order valence-electron chi connectivity index (χ2n) is 7.77. The molecule has 28 heavy (non-hydrogen) atoms. The standard InChI is InChI=1S/C23H38N4O/c1-2-3-4-5-6-7-8-9-12-19-14-16-20(17-15-19)22-26-23(28-27-22)21(25)13-10-11-18-24/h14-17,21H,2-13,18,24-25H2,1H3. The fourth-order valence-electron chi connectivity index (χ4n) is 3.42. The van der Waals surface area contributed by atoms with Crippen LogP contribution in [-0.2, 0) is 6.42 Å². The number of unbranched alkanes of at least 4 members (excludes halogenated alkanes) is 8. The first-order valence-corrected chi connectivity index (χ1v) is 11.1. The third-order valence-corrected chi connectivity index (χ3v) is 5.26. The monoisotopic (exact) mass is 386 g/mol. The lowest BCUT2D eigenvalue weighted by molar-refractivity contribution is 0.346. The largest absolute Gasteiger partial charge is 0.337 e. The number of hydrogen-bond donors (Lipinski definition) is 2. The summed E-state index contributed by atoms with van der Waals surface area (Å²) in [6.45, 7) is 2.95. The number of hydrogen-bond acceptors (Lipinski definition) is 5. The molecule has 1 unspecified atom stereocenters. The van der Waals surface area contributed by atoms with E-state index in [1.165, 1.54) is 56.9 Å². The van der Waals surface area contributed by atoms with Crippen molar-refractivity contribution < 1.29 is 4.52 Å². The topological polar surface area (TPSA) is 91.0 Å². The minimum Gasteiger partial charge on any atom is -0.337 e. The number of rotatable bonds is 15. The number of nitrogens with zero attached hydrogens (tertiary/aromatic N) is 2. The van der Waals surface area contributed by atoms with E-state index in [-0.39, 0.29) is 6.04 Å². The molecule has 1 aromatic heterocycles. The Morgan fingerprint density at radius 2 is 1.57 bits per heavy atom. The van der Waals surface area contributed by atoms with Crippen molar-refractivity contribution >= 4 is 0 Å². The second kappa shape index (κ2) is 13.5. The molecule has 0 bridgehead atoms. The molecule has 5 nitrogen and oxygen atoms in total. The fourth-order valence-corrected chi connectivity index (χ4v) is 3.42. The van der Waals surface area contributed by atoms with Crippen LogP contribution in [0.2, 0.25) is 0 Å². The van der Waals surface area contributed by atoms with Gasteiger partial charge in [0.2, 0.25) is 11.7 Å². The van der Waals surface area contributed by atoms with E-state index >= 15 is 0 Å². The van der Waals surface area contributed by atoms with Gasteiger partial charge in [0.25, 0.3) is 0 Å². The average molecular weight is 387 g/mol. The van der Waals surface area contributed by atoms with Gasteiger partial charge in [-0.05, 0) is 37.8 Å². The zero-order valence-electron chi connectivity index (χ0n) is 17.5. The molecule has 0 aliphatic heterocycles. The zero-order valence-corrected chi connectivity index (χ0v) is 17.5. The molecule has 2 aromatic rings. The summed E-state index contributed by atoms with van der Waals surface area (Å²) in [5.74, 6) is 1.12. The predicted octanol–water partition coefficient (Wildman–Crippen LogP) is 5.55. The maximum absolute atomic E-state index is 6.13. The highest BCUT2D eigenvalue weighted by molar-refractivity contribution is 5.54. The summed E-state index contributed by atoms with van der Waals surface area (Å²) in [4.78, 5) is 4.47. The van der Waals surface area contributed by atoms with E-state index in [0.717, 1.165) is 31.2 Å². The molecule has 0 amide bonds. The lowest BCUT2D eigenvalue weighted by Crippen LogP contribution is -2.11. The summed E-state index contributed by atoms with van der Waals surface area (Å²) in [5.41, 5.74) is 14.0. The van der Waals surface area contributed by atoms with Crippen LogP contribution in [-0.4, -0.2) is 16.7 Å². The van der Waals surface area contributed by atoms with Crippen LogP contribution in [0.15, 0.2) is 28.8 Å². The summed E-state index contributed by atoms with van der Waals surface area (Å²) in [6, 6.07) is 8.29. The molecule has 1 aromatic carbocycles. The van der Waals surface area contributed by atoms with E-state index in [0.29, 0.717) is 18.3 Å². The van der Waals surface area contributed by atoms with Crippen molar-refractivity contribution in [3.63, 3.8) is 0 Å². The number of aromatic nitrogens is 2. The van der Waals surface area contributed by atoms with Crippen molar-refractivity contribution in [3.05, 3.63) is 35.7 Å². The Balaban J connectivity index is 1.72. The van der Waals surface area contributed by atoms with Gasteiger partial charge in [-0.2, -0.15) is 4.98 Å². The third-order valence-electron chi connectivity index (χ3n) is 5.26. The van der Waals surface area contributed by atoms with Gasteiger partial charge in [-0.15, -0.1) is 0 Å². The van der Waals surface area contributed by atoms with Gasteiger partial charge in [-0.1, -0.05) is 87.7 Å². The van der Waals surface area contributed by atoms with Crippen LogP contribution in [0.4, 0.5) is 0 Å². The molecule has 0 fully saturated rings. The minimum atomic E-state index is -0.214. The van der Waals surface area contributed by atoms with Crippen LogP contribution in [0.5, 0.6) is 0 Å². The fraction of sp³-hybridized carbons (Fsp3) is 0.652. The van der Waals surface area contributed by atoms with Gasteiger partial charge in [0, 0.05) is 5.56 Å². The zero-order chi connectivity index (χ0) is 20.0. The maximum Gasteiger partial charge on any atom is 0.243 e. The smallest absolute Gasteiger partial charge is 0.243 e. The lowest BCUT2D eigenvalue weighted by Gasteiger charge is -2.05. The molecule has 0 radical (unpaired) electrons. The Bertz CT molecular complexity index is 638. The highest BCUT2D eigenvalue weighted by Gasteiger charge is 2.15. The van der Waals surface area contributed by atoms with E-state index < -0.39 is 0 Å². The van der Waals surface area contributed by atoms with Crippen LogP contribution >= 0.6 is 0 Å². The molecule has 1 atom stereocenters. The van der Waals surface area contributed by atoms with Gasteiger partial charge in [0.05, 0.1) is 6.04 Å². The van der Waals surface area contributed by atoms with Gasteiger partial charge >= 0.3 is 0 Å². The van der Waals surface area contributed by atoms with Gasteiger partial charge in [-0.3, -0.25) is 0 Å². The Kier molecular flexibility index (Phi) is 10.8. The molecular weight excluding hydrogens is 348 g/mol. The SMILES string of the molecule is CCCCCCCCCCc1ccc(-c2noc(C(N)CCCCN)n2)cc1. The van der Waals surface area contributed by atoms with E-state index in [2.05, 4.69) is 41.3 Å². The first-order valence-electron chi connectivity index (χ1n) is 11.1. The Morgan fingerprint density at radius 3 is 2.25 bits per heavy atom. The highest BCUT2D eigenvalue weighted by Crippen LogP contribution is 2.21. The summed E-state index contributed by atoms with van der Waals surface area (Å²) in [7, 11) is 0. The molecular formula is C23H38N4O. The molecule has 1 heterocycles. The second-order valence-corrected chi connectivity index (χ2v) is 7.77. The van der Waals surface area contributed by atoms with Crippen molar-refractivity contribution in [2.45, 2.75) is 90.0 Å². The molecule has 4 N–H and O–H groups in total. The normalized spacial score (nSPS) is 12.4. The van der Waals surface area contributed by atoms with Crippen molar-refractivity contribution in [2.24, 2.45) is 11.5 Å². The summed E-state index contributed by atoms with van der Waals surface area (Å²) >= 11 is 0. The summed E-state index contributed by atoms with van der Waals surface area (Å²) in [6.07, 6.45) is 14.7. The Labute approximate surface area is 170 Å². The van der Waals surface area contributed by atoms with E-state index in [1.54, 1.807) is 0 Å². The molecule has 0 saturated heterocycles. The number of nitrogens with two attached hydrogens (primary N) is 2. The maximum atomic E-state index is 6.13. The van der Waals surface area contributed by atoms with Crippen LogP contribution in [0.1, 0.15) is 95.0 Å². The van der Waals surface area contributed by atoms with E-state index in [9.17, 15) is 0 Å². The van der Waals surface area contributed by atoms with Gasteiger partial charge in [0.15, 0.2) is 0 Å². The third kappa shape index (κ3) is 8.11. The molecule has 2 rings (SSSR count). The first kappa shape index (κ1) is 22.6. The Morgan fingerprint density at radius 1 is 0.893 bits per heavy atom.